The van der Waals surface area contributed by atoms with Gasteiger partial charge in [0.05, 0.1) is 23.4 Å². The first-order valence-electron chi connectivity index (χ1n) is 12.3. The lowest BCUT2D eigenvalue weighted by Gasteiger charge is -2.28. The molecule has 1 atom stereocenters. The highest BCUT2D eigenvalue weighted by Crippen LogP contribution is 2.30. The molecular formula is C29H26N4O3S. The number of fused-ring (bicyclic) bond motifs is 1. The minimum Gasteiger partial charge on any atom is -0.325 e. The maximum absolute atomic E-state index is 13.6. The predicted molar refractivity (Wildman–Crippen MR) is 141 cm³/mol. The normalized spacial score (nSPS) is 16.5. The Balaban J connectivity index is 1.39. The number of benzene rings is 2. The van der Waals surface area contributed by atoms with Gasteiger partial charge in [0, 0.05) is 12.2 Å². The van der Waals surface area contributed by atoms with Gasteiger partial charge in [-0.3, -0.25) is 14.4 Å². The molecule has 8 heteroatoms. The van der Waals surface area contributed by atoms with Crippen LogP contribution in [0.4, 0.5) is 5.69 Å². The Morgan fingerprint density at radius 1 is 1.14 bits per heavy atom. The Bertz CT molecular complexity index is 1400. The maximum Gasteiger partial charge on any atom is 0.257 e. The molecule has 0 saturated carbocycles. The minimum atomic E-state index is -0.898. The fourth-order valence-corrected chi connectivity index (χ4v) is 5.69. The molecule has 1 aromatic heterocycles. The van der Waals surface area contributed by atoms with E-state index in [2.05, 4.69) is 11.1 Å². The zero-order valence-electron chi connectivity index (χ0n) is 20.5. The number of thioether (sulfide) groups is 1. The number of nitrogens with zero attached hydrogens (tertiary/aromatic N) is 4. The van der Waals surface area contributed by atoms with Gasteiger partial charge >= 0.3 is 0 Å². The molecule has 1 unspecified atom stereocenters. The molecule has 0 N–H and O–H groups in total. The molecule has 37 heavy (non-hydrogen) atoms. The number of hydrogen-bond donors (Lipinski definition) is 0. The summed E-state index contributed by atoms with van der Waals surface area (Å²) in [5.74, 6) is -1.01. The van der Waals surface area contributed by atoms with E-state index in [0.717, 1.165) is 41.6 Å². The van der Waals surface area contributed by atoms with Gasteiger partial charge in [-0.05, 0) is 55.5 Å². The molecule has 2 aromatic carbocycles. The second-order valence-corrected chi connectivity index (χ2v) is 10.3. The van der Waals surface area contributed by atoms with Crippen LogP contribution >= 0.6 is 11.8 Å². The van der Waals surface area contributed by atoms with Crippen molar-refractivity contribution in [1.29, 1.82) is 5.26 Å². The highest BCUT2D eigenvalue weighted by atomic mass is 32.2. The molecule has 1 saturated heterocycles. The van der Waals surface area contributed by atoms with Crippen LogP contribution in [0.3, 0.4) is 0 Å². The Labute approximate surface area is 220 Å². The predicted octanol–water partition coefficient (Wildman–Crippen LogP) is 4.20. The summed E-state index contributed by atoms with van der Waals surface area (Å²) in [7, 11) is 0. The van der Waals surface area contributed by atoms with E-state index in [1.165, 1.54) is 21.6 Å². The lowest BCUT2D eigenvalue weighted by molar-refractivity contribution is -0.136. The van der Waals surface area contributed by atoms with Crippen LogP contribution in [0, 0.1) is 18.3 Å². The molecule has 5 rings (SSSR count). The topological polar surface area (TPSA) is 94.4 Å². The molecule has 1 aliphatic heterocycles. The monoisotopic (exact) mass is 510 g/mol. The highest BCUT2D eigenvalue weighted by Gasteiger charge is 2.44. The Kier molecular flexibility index (Phi) is 7.06. The summed E-state index contributed by atoms with van der Waals surface area (Å²) in [6.45, 7) is 2.14. The van der Waals surface area contributed by atoms with Crippen LogP contribution in [0.5, 0.6) is 0 Å². The van der Waals surface area contributed by atoms with Gasteiger partial charge in [-0.2, -0.15) is 5.26 Å². The summed E-state index contributed by atoms with van der Waals surface area (Å²) in [4.78, 5) is 47.4. The third-order valence-electron chi connectivity index (χ3n) is 6.78. The van der Waals surface area contributed by atoms with E-state index in [-0.39, 0.29) is 30.5 Å². The van der Waals surface area contributed by atoms with Crippen molar-refractivity contribution >= 4 is 35.2 Å². The van der Waals surface area contributed by atoms with E-state index in [4.69, 9.17) is 0 Å². The van der Waals surface area contributed by atoms with Crippen LogP contribution in [0.1, 0.15) is 40.8 Å². The number of imide groups is 1. The number of pyridine rings is 1. The zero-order chi connectivity index (χ0) is 25.9. The number of amides is 3. The average molecular weight is 511 g/mol. The van der Waals surface area contributed by atoms with Gasteiger partial charge in [-0.25, -0.2) is 9.88 Å². The van der Waals surface area contributed by atoms with Gasteiger partial charge in [0.25, 0.3) is 5.91 Å². The standard InChI is InChI=1S/C29H26N4O3S/c1-19-10-12-23(13-11-19)33-26(34)15-25(29(33)36)32(17-20-6-3-2-4-7-20)27(35)18-37-28-22(16-30)14-21-8-5-9-24(21)31-28/h2-4,6-7,10-14,25H,5,8-9,15,17-18H2,1H3. The summed E-state index contributed by atoms with van der Waals surface area (Å²) in [5.41, 5.74) is 4.94. The average Bonchev–Trinajstić information content (AvgIpc) is 3.49. The summed E-state index contributed by atoms with van der Waals surface area (Å²) in [5, 5.41) is 10.2. The van der Waals surface area contributed by atoms with E-state index in [1.54, 1.807) is 12.1 Å². The molecule has 0 bridgehead atoms. The van der Waals surface area contributed by atoms with E-state index < -0.39 is 11.9 Å². The second-order valence-electron chi connectivity index (χ2n) is 9.33. The first kappa shape index (κ1) is 24.7. The minimum absolute atomic E-state index is 0.00972. The van der Waals surface area contributed by atoms with Crippen molar-refractivity contribution in [3.8, 4) is 6.07 Å². The van der Waals surface area contributed by atoms with Crippen molar-refractivity contribution in [2.75, 3.05) is 10.7 Å². The van der Waals surface area contributed by atoms with Crippen LogP contribution in [-0.4, -0.2) is 39.4 Å². The zero-order valence-corrected chi connectivity index (χ0v) is 21.3. The van der Waals surface area contributed by atoms with Crippen molar-refractivity contribution in [2.45, 2.75) is 50.2 Å². The van der Waals surface area contributed by atoms with Gasteiger partial charge in [0.15, 0.2) is 0 Å². The summed E-state index contributed by atoms with van der Waals surface area (Å²) in [6, 6.07) is 19.8. The quantitative estimate of drug-likeness (QED) is 0.349. The van der Waals surface area contributed by atoms with E-state index in [0.29, 0.717) is 16.3 Å². The second kappa shape index (κ2) is 10.6. The van der Waals surface area contributed by atoms with Crippen molar-refractivity contribution in [1.82, 2.24) is 9.88 Å². The number of hydrogen-bond acceptors (Lipinski definition) is 6. The van der Waals surface area contributed by atoms with Gasteiger partial charge in [-0.1, -0.05) is 59.8 Å². The number of rotatable bonds is 7. The number of anilines is 1. The van der Waals surface area contributed by atoms with E-state index in [9.17, 15) is 19.6 Å². The fraction of sp³-hybridized carbons (Fsp3) is 0.276. The third kappa shape index (κ3) is 5.13. The molecular weight excluding hydrogens is 484 g/mol. The van der Waals surface area contributed by atoms with Gasteiger partial charge < -0.3 is 4.90 Å². The van der Waals surface area contributed by atoms with Crippen LogP contribution in [0.2, 0.25) is 0 Å². The highest BCUT2D eigenvalue weighted by molar-refractivity contribution is 8.00. The van der Waals surface area contributed by atoms with E-state index in [1.807, 2.05) is 55.5 Å². The number of aromatic nitrogens is 1. The van der Waals surface area contributed by atoms with Crippen molar-refractivity contribution < 1.29 is 14.4 Å². The smallest absolute Gasteiger partial charge is 0.257 e. The van der Waals surface area contributed by atoms with Crippen LogP contribution in [0.15, 0.2) is 65.7 Å². The Morgan fingerprint density at radius 3 is 2.62 bits per heavy atom. The number of carbonyl (C=O) groups excluding carboxylic acids is 3. The third-order valence-corrected chi connectivity index (χ3v) is 7.75. The maximum atomic E-state index is 13.6. The number of carbonyl (C=O) groups is 3. The molecule has 3 amide bonds. The molecule has 7 nitrogen and oxygen atoms in total. The largest absolute Gasteiger partial charge is 0.325 e. The molecule has 1 fully saturated rings. The lowest BCUT2D eigenvalue weighted by atomic mass is 10.1. The first-order valence-corrected chi connectivity index (χ1v) is 13.3. The summed E-state index contributed by atoms with van der Waals surface area (Å²) < 4.78 is 0. The lowest BCUT2D eigenvalue weighted by Crippen LogP contribution is -2.45. The summed E-state index contributed by atoms with van der Waals surface area (Å²) in [6.07, 6.45) is 2.73. The van der Waals surface area contributed by atoms with Gasteiger partial charge in [0.1, 0.15) is 17.1 Å². The van der Waals surface area contributed by atoms with Crippen molar-refractivity contribution in [3.05, 3.63) is 88.6 Å². The molecule has 186 valence electrons. The first-order chi connectivity index (χ1) is 17.9. The fourth-order valence-electron chi connectivity index (χ4n) is 4.83. The van der Waals surface area contributed by atoms with Crippen molar-refractivity contribution in [3.63, 3.8) is 0 Å². The Morgan fingerprint density at radius 2 is 1.89 bits per heavy atom. The van der Waals surface area contributed by atoms with Crippen LogP contribution in [-0.2, 0) is 33.8 Å². The molecule has 2 aliphatic rings. The number of aryl methyl sites for hydroxylation is 3. The molecule has 2 heterocycles. The molecule has 0 radical (unpaired) electrons. The van der Waals surface area contributed by atoms with Crippen molar-refractivity contribution in [2.24, 2.45) is 0 Å². The van der Waals surface area contributed by atoms with Crippen LogP contribution < -0.4 is 4.90 Å². The Hall–Kier alpha value is -3.96. The SMILES string of the molecule is Cc1ccc(N2C(=O)CC(N(Cc3ccccc3)C(=O)CSc3nc4c(cc3C#N)CCC4)C2=O)cc1. The van der Waals surface area contributed by atoms with E-state index >= 15 is 0 Å². The molecule has 3 aromatic rings. The van der Waals surface area contributed by atoms with Gasteiger partial charge in [0.2, 0.25) is 11.8 Å². The van der Waals surface area contributed by atoms with Crippen LogP contribution in [0.25, 0.3) is 0 Å². The van der Waals surface area contributed by atoms with Gasteiger partial charge in [-0.15, -0.1) is 0 Å². The number of nitriles is 1. The molecule has 1 aliphatic carbocycles. The molecule has 0 spiro atoms. The summed E-state index contributed by atoms with van der Waals surface area (Å²) >= 11 is 1.21.